The number of ether oxygens (including phenoxy) is 1. The molecule has 0 aromatic heterocycles. The molecule has 1 amide bonds. The van der Waals surface area contributed by atoms with E-state index < -0.39 is 23.2 Å². The predicted octanol–water partition coefficient (Wildman–Crippen LogP) is 1.36. The highest BCUT2D eigenvalue weighted by Crippen LogP contribution is 2.18. The van der Waals surface area contributed by atoms with Crippen LogP contribution in [0.4, 0.5) is 4.39 Å². The Balaban J connectivity index is 2.75. The van der Waals surface area contributed by atoms with Gasteiger partial charge in [0.25, 0.3) is 0 Å². The van der Waals surface area contributed by atoms with Crippen molar-refractivity contribution in [3.8, 4) is 5.75 Å². The topological polar surface area (TPSA) is 75.6 Å². The zero-order valence-electron chi connectivity index (χ0n) is 11.0. The minimum absolute atomic E-state index is 0.0443. The van der Waals surface area contributed by atoms with Gasteiger partial charge in [-0.2, -0.15) is 0 Å². The summed E-state index contributed by atoms with van der Waals surface area (Å²) >= 11 is 0. The zero-order chi connectivity index (χ0) is 14.6. The third-order valence-corrected chi connectivity index (χ3v) is 2.57. The molecule has 0 bridgehead atoms. The van der Waals surface area contributed by atoms with E-state index in [9.17, 15) is 14.0 Å². The van der Waals surface area contributed by atoms with Crippen LogP contribution in [0.15, 0.2) is 18.2 Å². The number of methoxy groups -OCH3 is 1. The molecule has 19 heavy (non-hydrogen) atoms. The molecular formula is C13H16FNO4. The van der Waals surface area contributed by atoms with Crippen LogP contribution in [0.2, 0.25) is 0 Å². The van der Waals surface area contributed by atoms with Crippen molar-refractivity contribution >= 4 is 11.9 Å². The number of hydrogen-bond donors (Lipinski definition) is 2. The lowest BCUT2D eigenvalue weighted by Gasteiger charge is -2.21. The van der Waals surface area contributed by atoms with Crippen LogP contribution in [0.1, 0.15) is 19.4 Å². The van der Waals surface area contributed by atoms with E-state index in [2.05, 4.69) is 5.32 Å². The average molecular weight is 269 g/mol. The minimum atomic E-state index is -1.35. The third-order valence-electron chi connectivity index (χ3n) is 2.57. The van der Waals surface area contributed by atoms with Gasteiger partial charge in [0.05, 0.1) is 13.5 Å². The number of carbonyl (C=O) groups is 2. The van der Waals surface area contributed by atoms with Crippen molar-refractivity contribution in [2.75, 3.05) is 7.11 Å². The molecule has 0 fully saturated rings. The lowest BCUT2D eigenvalue weighted by atomic mass is 10.0. The minimum Gasteiger partial charge on any atom is -0.494 e. The Morgan fingerprint density at radius 2 is 2.05 bits per heavy atom. The molecule has 2 N–H and O–H groups in total. The van der Waals surface area contributed by atoms with E-state index in [0.717, 1.165) is 0 Å². The molecule has 0 atom stereocenters. The van der Waals surface area contributed by atoms with Gasteiger partial charge in [-0.3, -0.25) is 4.79 Å². The molecule has 1 aromatic carbocycles. The smallest absolute Gasteiger partial charge is 0.328 e. The lowest BCUT2D eigenvalue weighted by molar-refractivity contribution is -0.145. The number of carboxylic acids is 1. The Bertz CT molecular complexity index is 499. The molecule has 1 aromatic rings. The SMILES string of the molecule is COc1cc(CC(=O)NC(C)(C)C(=O)O)ccc1F. The van der Waals surface area contributed by atoms with Crippen molar-refractivity contribution in [1.82, 2.24) is 5.32 Å². The highest BCUT2D eigenvalue weighted by molar-refractivity contribution is 5.87. The van der Waals surface area contributed by atoms with Crippen molar-refractivity contribution in [2.24, 2.45) is 0 Å². The maximum Gasteiger partial charge on any atom is 0.328 e. The fourth-order valence-corrected chi connectivity index (χ4v) is 1.45. The summed E-state index contributed by atoms with van der Waals surface area (Å²) in [6, 6.07) is 4.05. The Labute approximate surface area is 110 Å². The van der Waals surface area contributed by atoms with Gasteiger partial charge in [0.15, 0.2) is 11.6 Å². The van der Waals surface area contributed by atoms with E-state index in [1.807, 2.05) is 0 Å². The highest BCUT2D eigenvalue weighted by Gasteiger charge is 2.28. The van der Waals surface area contributed by atoms with Crippen LogP contribution < -0.4 is 10.1 Å². The summed E-state index contributed by atoms with van der Waals surface area (Å²) in [5.41, 5.74) is -0.807. The van der Waals surface area contributed by atoms with Crippen LogP contribution in [-0.2, 0) is 16.0 Å². The summed E-state index contributed by atoms with van der Waals surface area (Å²) in [7, 11) is 1.33. The van der Waals surface area contributed by atoms with Crippen LogP contribution >= 0.6 is 0 Å². The molecule has 0 aliphatic heterocycles. The quantitative estimate of drug-likeness (QED) is 0.846. The number of amides is 1. The van der Waals surface area contributed by atoms with Gasteiger partial charge < -0.3 is 15.2 Å². The van der Waals surface area contributed by atoms with E-state index >= 15 is 0 Å². The Morgan fingerprint density at radius 3 is 2.58 bits per heavy atom. The number of carbonyl (C=O) groups excluding carboxylic acids is 1. The van der Waals surface area contributed by atoms with Crippen LogP contribution in [0.3, 0.4) is 0 Å². The molecule has 0 spiro atoms. The number of carboxylic acid groups (broad SMARTS) is 1. The first-order valence-corrected chi connectivity index (χ1v) is 5.63. The average Bonchev–Trinajstić information content (AvgIpc) is 2.30. The molecule has 0 saturated carbocycles. The van der Waals surface area contributed by atoms with Gasteiger partial charge in [0, 0.05) is 0 Å². The van der Waals surface area contributed by atoms with Gasteiger partial charge in [-0.1, -0.05) is 6.07 Å². The number of halogens is 1. The first kappa shape index (κ1) is 14.9. The predicted molar refractivity (Wildman–Crippen MR) is 66.5 cm³/mol. The second-order valence-electron chi connectivity index (χ2n) is 4.62. The summed E-state index contributed by atoms with van der Waals surface area (Å²) in [5, 5.41) is 11.3. The molecule has 0 aliphatic carbocycles. The van der Waals surface area contributed by atoms with Gasteiger partial charge in [0.2, 0.25) is 5.91 Å². The molecular weight excluding hydrogens is 253 g/mol. The van der Waals surface area contributed by atoms with Gasteiger partial charge >= 0.3 is 5.97 Å². The van der Waals surface area contributed by atoms with E-state index in [4.69, 9.17) is 9.84 Å². The second-order valence-corrected chi connectivity index (χ2v) is 4.62. The number of hydrogen-bond acceptors (Lipinski definition) is 3. The Morgan fingerprint density at radius 1 is 1.42 bits per heavy atom. The van der Waals surface area contributed by atoms with Crippen LogP contribution in [0, 0.1) is 5.82 Å². The molecule has 104 valence electrons. The second kappa shape index (κ2) is 5.69. The maximum atomic E-state index is 13.2. The molecule has 5 nitrogen and oxygen atoms in total. The van der Waals surface area contributed by atoms with Gasteiger partial charge in [-0.25, -0.2) is 9.18 Å². The summed E-state index contributed by atoms with van der Waals surface area (Å²) in [4.78, 5) is 22.6. The first-order valence-electron chi connectivity index (χ1n) is 5.63. The van der Waals surface area contributed by atoms with E-state index in [0.29, 0.717) is 5.56 Å². The number of rotatable bonds is 5. The summed E-state index contributed by atoms with van der Waals surface area (Å²) < 4.78 is 18.0. The summed E-state index contributed by atoms with van der Waals surface area (Å²) in [6.45, 7) is 2.77. The van der Waals surface area contributed by atoms with Crippen LogP contribution in [0.25, 0.3) is 0 Å². The van der Waals surface area contributed by atoms with Crippen molar-refractivity contribution in [3.63, 3.8) is 0 Å². The molecule has 1 rings (SSSR count). The molecule has 6 heteroatoms. The van der Waals surface area contributed by atoms with Gasteiger partial charge in [-0.05, 0) is 31.5 Å². The van der Waals surface area contributed by atoms with Crippen molar-refractivity contribution in [1.29, 1.82) is 0 Å². The lowest BCUT2D eigenvalue weighted by Crippen LogP contribution is -2.50. The highest BCUT2D eigenvalue weighted by atomic mass is 19.1. The standard InChI is InChI=1S/C13H16FNO4/c1-13(2,12(17)18)15-11(16)7-8-4-5-9(14)10(6-8)19-3/h4-6H,7H2,1-3H3,(H,15,16)(H,17,18). The molecule has 0 aliphatic rings. The zero-order valence-corrected chi connectivity index (χ0v) is 11.0. The molecule has 0 heterocycles. The fraction of sp³-hybridized carbons (Fsp3) is 0.385. The van der Waals surface area contributed by atoms with Crippen molar-refractivity contribution in [3.05, 3.63) is 29.6 Å². The van der Waals surface area contributed by atoms with Crippen molar-refractivity contribution < 1.29 is 23.8 Å². The molecule has 0 saturated heterocycles. The van der Waals surface area contributed by atoms with Crippen LogP contribution in [0.5, 0.6) is 5.75 Å². The maximum absolute atomic E-state index is 13.2. The van der Waals surface area contributed by atoms with Crippen molar-refractivity contribution in [2.45, 2.75) is 25.8 Å². The largest absolute Gasteiger partial charge is 0.494 e. The summed E-state index contributed by atoms with van der Waals surface area (Å²) in [5.74, 6) is -2.06. The monoisotopic (exact) mass is 269 g/mol. The van der Waals surface area contributed by atoms with E-state index in [-0.39, 0.29) is 12.2 Å². The number of aliphatic carboxylic acids is 1. The van der Waals surface area contributed by atoms with E-state index in [1.54, 1.807) is 0 Å². The van der Waals surface area contributed by atoms with Gasteiger partial charge in [-0.15, -0.1) is 0 Å². The molecule has 0 unspecified atom stereocenters. The normalized spacial score (nSPS) is 10.9. The first-order chi connectivity index (χ1) is 8.76. The van der Waals surface area contributed by atoms with E-state index in [1.165, 1.54) is 39.2 Å². The van der Waals surface area contributed by atoms with Gasteiger partial charge in [0.1, 0.15) is 5.54 Å². The third kappa shape index (κ3) is 3.94. The molecule has 0 radical (unpaired) electrons. The Kier molecular flexibility index (Phi) is 4.47. The number of nitrogens with one attached hydrogen (secondary N) is 1. The number of benzene rings is 1. The van der Waals surface area contributed by atoms with Crippen LogP contribution in [-0.4, -0.2) is 29.6 Å². The fourth-order valence-electron chi connectivity index (χ4n) is 1.45. The Hall–Kier alpha value is -2.11. The summed E-state index contributed by atoms with van der Waals surface area (Å²) in [6.07, 6.45) is -0.0483.